The monoisotopic (exact) mass is 236 g/mol. The summed E-state index contributed by atoms with van der Waals surface area (Å²) in [6, 6.07) is 3.59. The van der Waals surface area contributed by atoms with E-state index in [2.05, 4.69) is 25.2 Å². The van der Waals surface area contributed by atoms with Gasteiger partial charge < -0.3 is 9.64 Å². The molecule has 1 saturated heterocycles. The van der Waals surface area contributed by atoms with Gasteiger partial charge in [0.2, 0.25) is 0 Å². The highest BCUT2D eigenvalue weighted by Gasteiger charge is 2.12. The van der Waals surface area contributed by atoms with E-state index in [1.165, 1.54) is 26.4 Å². The standard InChI is InChI=1S/C11H16N4O2/c1-17-11(16)12-9-5-6-10(14-13-9)15-7-3-2-4-8-15/h5-6H,2-4,7-8H2,1H3,(H,12,13,16). The van der Waals surface area contributed by atoms with E-state index in [-0.39, 0.29) is 0 Å². The third-order valence-corrected chi connectivity index (χ3v) is 2.75. The molecule has 2 rings (SSSR count). The topological polar surface area (TPSA) is 67.3 Å². The van der Waals surface area contributed by atoms with Crippen molar-refractivity contribution >= 4 is 17.7 Å². The van der Waals surface area contributed by atoms with Gasteiger partial charge in [-0.1, -0.05) is 0 Å². The number of nitrogens with zero attached hydrogens (tertiary/aromatic N) is 3. The molecule has 92 valence electrons. The van der Waals surface area contributed by atoms with Gasteiger partial charge in [-0.25, -0.2) is 4.79 Å². The maximum atomic E-state index is 11.0. The first-order chi connectivity index (χ1) is 8.29. The largest absolute Gasteiger partial charge is 0.453 e. The third kappa shape index (κ3) is 3.05. The Kier molecular flexibility index (Phi) is 3.74. The summed E-state index contributed by atoms with van der Waals surface area (Å²) in [5.74, 6) is 1.26. The number of hydrogen-bond acceptors (Lipinski definition) is 5. The lowest BCUT2D eigenvalue weighted by Gasteiger charge is -2.27. The van der Waals surface area contributed by atoms with Crippen molar-refractivity contribution in [3.05, 3.63) is 12.1 Å². The Labute approximate surface area is 100.0 Å². The van der Waals surface area contributed by atoms with Gasteiger partial charge >= 0.3 is 6.09 Å². The Morgan fingerprint density at radius 1 is 1.29 bits per heavy atom. The summed E-state index contributed by atoms with van der Waals surface area (Å²) in [4.78, 5) is 13.2. The van der Waals surface area contributed by atoms with Crippen LogP contribution in [0.15, 0.2) is 12.1 Å². The van der Waals surface area contributed by atoms with E-state index in [9.17, 15) is 4.79 Å². The van der Waals surface area contributed by atoms with Gasteiger partial charge in [-0.3, -0.25) is 5.32 Å². The first-order valence-electron chi connectivity index (χ1n) is 5.73. The van der Waals surface area contributed by atoms with E-state index in [0.29, 0.717) is 5.82 Å². The lowest BCUT2D eigenvalue weighted by molar-refractivity contribution is 0.187. The second kappa shape index (κ2) is 5.47. The molecule has 17 heavy (non-hydrogen) atoms. The van der Waals surface area contributed by atoms with Crippen LogP contribution in [-0.4, -0.2) is 36.5 Å². The van der Waals surface area contributed by atoms with E-state index in [4.69, 9.17) is 0 Å². The maximum Gasteiger partial charge on any atom is 0.412 e. The van der Waals surface area contributed by atoms with Crippen molar-refractivity contribution in [1.82, 2.24) is 10.2 Å². The number of aromatic nitrogens is 2. The van der Waals surface area contributed by atoms with Crippen molar-refractivity contribution in [3.8, 4) is 0 Å². The van der Waals surface area contributed by atoms with Crippen LogP contribution in [0.3, 0.4) is 0 Å². The number of amides is 1. The third-order valence-electron chi connectivity index (χ3n) is 2.75. The number of rotatable bonds is 2. The van der Waals surface area contributed by atoms with Gasteiger partial charge in [0.1, 0.15) is 0 Å². The van der Waals surface area contributed by atoms with Crippen LogP contribution >= 0.6 is 0 Å². The lowest BCUT2D eigenvalue weighted by atomic mass is 10.1. The average molecular weight is 236 g/mol. The maximum absolute atomic E-state index is 11.0. The van der Waals surface area contributed by atoms with Crippen molar-refractivity contribution in [2.75, 3.05) is 30.4 Å². The number of hydrogen-bond donors (Lipinski definition) is 1. The summed E-state index contributed by atoms with van der Waals surface area (Å²) in [7, 11) is 1.31. The molecule has 1 aromatic heterocycles. The number of nitrogens with one attached hydrogen (secondary N) is 1. The van der Waals surface area contributed by atoms with Gasteiger partial charge in [0.25, 0.3) is 0 Å². The number of anilines is 2. The van der Waals surface area contributed by atoms with Crippen LogP contribution in [0.4, 0.5) is 16.4 Å². The van der Waals surface area contributed by atoms with Crippen LogP contribution in [-0.2, 0) is 4.74 Å². The van der Waals surface area contributed by atoms with Gasteiger partial charge in [0, 0.05) is 13.1 Å². The summed E-state index contributed by atoms with van der Waals surface area (Å²) in [5.41, 5.74) is 0. The van der Waals surface area contributed by atoms with Crippen LogP contribution in [0.5, 0.6) is 0 Å². The number of carbonyl (C=O) groups is 1. The van der Waals surface area contributed by atoms with E-state index in [1.807, 2.05) is 6.07 Å². The highest BCUT2D eigenvalue weighted by molar-refractivity contribution is 5.83. The Morgan fingerprint density at radius 2 is 2.06 bits per heavy atom. The molecular formula is C11H16N4O2. The van der Waals surface area contributed by atoms with E-state index in [0.717, 1.165) is 18.9 Å². The van der Waals surface area contributed by atoms with Crippen LogP contribution in [0.2, 0.25) is 0 Å². The smallest absolute Gasteiger partial charge is 0.412 e. The Bertz CT molecular complexity index is 374. The van der Waals surface area contributed by atoms with Gasteiger partial charge in [0.15, 0.2) is 11.6 Å². The molecule has 6 heteroatoms. The molecule has 1 N–H and O–H groups in total. The van der Waals surface area contributed by atoms with Crippen molar-refractivity contribution in [2.45, 2.75) is 19.3 Å². The molecule has 6 nitrogen and oxygen atoms in total. The van der Waals surface area contributed by atoms with Crippen LogP contribution in [0.1, 0.15) is 19.3 Å². The Hall–Kier alpha value is -1.85. The molecule has 1 aliphatic rings. The molecule has 0 bridgehead atoms. The van der Waals surface area contributed by atoms with Gasteiger partial charge in [-0.05, 0) is 31.4 Å². The summed E-state index contributed by atoms with van der Waals surface area (Å²) in [5, 5.41) is 10.5. The molecule has 1 aromatic rings. The van der Waals surface area contributed by atoms with Gasteiger partial charge in [-0.15, -0.1) is 10.2 Å². The highest BCUT2D eigenvalue weighted by atomic mass is 16.5. The molecule has 0 radical (unpaired) electrons. The molecular weight excluding hydrogens is 220 g/mol. The molecule has 2 heterocycles. The molecule has 0 aliphatic carbocycles. The highest BCUT2D eigenvalue weighted by Crippen LogP contribution is 2.17. The number of ether oxygens (including phenoxy) is 1. The fourth-order valence-electron chi connectivity index (χ4n) is 1.84. The zero-order valence-electron chi connectivity index (χ0n) is 9.85. The van der Waals surface area contributed by atoms with Crippen LogP contribution in [0, 0.1) is 0 Å². The molecule has 0 saturated carbocycles. The fraction of sp³-hybridized carbons (Fsp3) is 0.545. The summed E-state index contributed by atoms with van der Waals surface area (Å²) in [6.45, 7) is 2.05. The predicted octanol–water partition coefficient (Wildman–Crippen LogP) is 1.65. The molecule has 1 amide bonds. The Morgan fingerprint density at radius 3 is 2.65 bits per heavy atom. The molecule has 1 aliphatic heterocycles. The number of methoxy groups -OCH3 is 1. The fourth-order valence-corrected chi connectivity index (χ4v) is 1.84. The average Bonchev–Trinajstić information content (AvgIpc) is 2.40. The summed E-state index contributed by atoms with van der Waals surface area (Å²) < 4.78 is 4.47. The van der Waals surface area contributed by atoms with Crippen molar-refractivity contribution in [3.63, 3.8) is 0 Å². The van der Waals surface area contributed by atoms with Crippen molar-refractivity contribution in [2.24, 2.45) is 0 Å². The van der Waals surface area contributed by atoms with E-state index >= 15 is 0 Å². The molecule has 0 atom stereocenters. The number of carbonyl (C=O) groups excluding carboxylic acids is 1. The Balaban J connectivity index is 1.99. The second-order valence-corrected chi connectivity index (χ2v) is 3.94. The molecule has 0 unspecified atom stereocenters. The second-order valence-electron chi connectivity index (χ2n) is 3.94. The SMILES string of the molecule is COC(=O)Nc1ccc(N2CCCCC2)nn1. The van der Waals surface area contributed by atoms with Gasteiger partial charge in [0.05, 0.1) is 7.11 Å². The zero-order valence-corrected chi connectivity index (χ0v) is 9.85. The van der Waals surface area contributed by atoms with Gasteiger partial charge in [-0.2, -0.15) is 0 Å². The lowest BCUT2D eigenvalue weighted by Crippen LogP contribution is -2.30. The minimum absolute atomic E-state index is 0.401. The van der Waals surface area contributed by atoms with Crippen LogP contribution in [0.25, 0.3) is 0 Å². The number of piperidine rings is 1. The first-order valence-corrected chi connectivity index (χ1v) is 5.73. The molecule has 0 spiro atoms. The predicted molar refractivity (Wildman–Crippen MR) is 64.1 cm³/mol. The minimum atomic E-state index is -0.537. The summed E-state index contributed by atoms with van der Waals surface area (Å²) >= 11 is 0. The first kappa shape index (κ1) is 11.6. The normalized spacial score (nSPS) is 15.5. The molecule has 1 fully saturated rings. The molecule has 0 aromatic carbocycles. The minimum Gasteiger partial charge on any atom is -0.453 e. The van der Waals surface area contributed by atoms with Crippen molar-refractivity contribution < 1.29 is 9.53 Å². The van der Waals surface area contributed by atoms with E-state index < -0.39 is 6.09 Å². The van der Waals surface area contributed by atoms with Crippen molar-refractivity contribution in [1.29, 1.82) is 0 Å². The zero-order chi connectivity index (χ0) is 12.1. The van der Waals surface area contributed by atoms with Crippen LogP contribution < -0.4 is 10.2 Å². The van der Waals surface area contributed by atoms with E-state index in [1.54, 1.807) is 6.07 Å². The quantitative estimate of drug-likeness (QED) is 0.845. The summed E-state index contributed by atoms with van der Waals surface area (Å²) in [6.07, 6.45) is 3.14.